The maximum Gasteiger partial charge on any atom is 0.293 e. The van der Waals surface area contributed by atoms with Crippen molar-refractivity contribution in [3.05, 3.63) is 59.7 Å². The van der Waals surface area contributed by atoms with Crippen molar-refractivity contribution >= 4 is 23.4 Å². The van der Waals surface area contributed by atoms with Crippen LogP contribution in [0.15, 0.2) is 53.7 Å². The van der Waals surface area contributed by atoms with Gasteiger partial charge < -0.3 is 5.11 Å². The van der Waals surface area contributed by atoms with Crippen LogP contribution >= 0.6 is 11.8 Å². The zero-order chi connectivity index (χ0) is 21.4. The van der Waals surface area contributed by atoms with Gasteiger partial charge in [-0.3, -0.25) is 4.79 Å². The molecule has 0 spiro atoms. The zero-order valence-electron chi connectivity index (χ0n) is 17.5. The minimum atomic E-state index is -0.551. The van der Waals surface area contributed by atoms with Gasteiger partial charge in [0, 0.05) is 17.1 Å². The van der Waals surface area contributed by atoms with Crippen molar-refractivity contribution < 1.29 is 14.6 Å². The summed E-state index contributed by atoms with van der Waals surface area (Å²) in [6, 6.07) is 15.6. The van der Waals surface area contributed by atoms with Crippen LogP contribution in [0.25, 0.3) is 11.3 Å². The van der Waals surface area contributed by atoms with Crippen molar-refractivity contribution in [3.63, 3.8) is 0 Å². The minimum absolute atomic E-state index is 0.0321. The zero-order valence-corrected chi connectivity index (χ0v) is 18.3. The lowest BCUT2D eigenvalue weighted by Crippen LogP contribution is -2.59. The van der Waals surface area contributed by atoms with Gasteiger partial charge in [-0.25, -0.2) is 9.88 Å². The second-order valence-corrected chi connectivity index (χ2v) is 8.30. The van der Waals surface area contributed by atoms with E-state index in [1.807, 2.05) is 49.6 Å². The highest BCUT2D eigenvalue weighted by Gasteiger charge is 2.44. The number of para-hydroxylation sites is 1. The fraction of sp³-hybridized carbons (Fsp3) is 0.304. The lowest BCUT2D eigenvalue weighted by molar-refractivity contribution is -0.764. The van der Waals surface area contributed by atoms with Gasteiger partial charge in [0.05, 0.1) is 17.1 Å². The van der Waals surface area contributed by atoms with E-state index < -0.39 is 6.17 Å². The summed E-state index contributed by atoms with van der Waals surface area (Å²) in [6.45, 7) is 6.13. The molecule has 0 saturated carbocycles. The molecule has 0 saturated heterocycles. The topological polar surface area (TPSA) is 73.0 Å². The molecule has 0 radical (unpaired) electrons. The van der Waals surface area contributed by atoms with Crippen LogP contribution in [0.1, 0.15) is 50.4 Å². The Labute approximate surface area is 180 Å². The highest BCUT2D eigenvalue weighted by molar-refractivity contribution is 7.98. The third-order valence-corrected chi connectivity index (χ3v) is 5.91. The van der Waals surface area contributed by atoms with Crippen molar-refractivity contribution in [2.45, 2.75) is 44.4 Å². The van der Waals surface area contributed by atoms with Gasteiger partial charge in [-0.1, -0.05) is 61.5 Å². The summed E-state index contributed by atoms with van der Waals surface area (Å²) in [5.74, 6) is 0.0302. The Kier molecular flexibility index (Phi) is 5.47. The molecule has 0 aliphatic carbocycles. The summed E-state index contributed by atoms with van der Waals surface area (Å²) in [7, 11) is 0. The maximum atomic E-state index is 13.1. The summed E-state index contributed by atoms with van der Waals surface area (Å²) in [5.41, 5.74) is 3.89. The number of rotatable bonds is 4. The largest absolute Gasteiger partial charge is 0.854 e. The Morgan fingerprint density at radius 2 is 1.90 bits per heavy atom. The Hall–Kier alpha value is -2.93. The number of benzene rings is 2. The molecule has 7 heteroatoms. The van der Waals surface area contributed by atoms with Gasteiger partial charge in [0.25, 0.3) is 17.0 Å². The normalized spacial score (nSPS) is 15.1. The van der Waals surface area contributed by atoms with Gasteiger partial charge in [-0.15, -0.1) is 0 Å². The fourth-order valence-corrected chi connectivity index (χ4v) is 4.16. The van der Waals surface area contributed by atoms with E-state index in [-0.39, 0.29) is 11.8 Å². The average molecular weight is 421 g/mol. The number of nitrogens with zero attached hydrogens (tertiary/aromatic N) is 4. The molecular formula is C23H24N4O2S. The summed E-state index contributed by atoms with van der Waals surface area (Å²) < 4.78 is 1.67. The molecule has 6 nitrogen and oxygen atoms in total. The van der Waals surface area contributed by atoms with Gasteiger partial charge in [0.1, 0.15) is 0 Å². The Morgan fingerprint density at radius 3 is 2.53 bits per heavy atom. The monoisotopic (exact) mass is 420 g/mol. The Morgan fingerprint density at radius 1 is 1.20 bits per heavy atom. The molecule has 1 aliphatic rings. The molecular weight excluding hydrogens is 396 g/mol. The van der Waals surface area contributed by atoms with Crippen molar-refractivity contribution in [2.75, 3.05) is 11.2 Å². The second-order valence-electron chi connectivity index (χ2n) is 7.53. The highest BCUT2D eigenvalue weighted by atomic mass is 32.2. The van der Waals surface area contributed by atoms with Crippen molar-refractivity contribution in [1.29, 1.82) is 0 Å². The number of carbonyl (C=O) groups excluding carboxylic acids is 1. The first-order valence-corrected chi connectivity index (χ1v) is 11.2. The maximum absolute atomic E-state index is 13.1. The van der Waals surface area contributed by atoms with Crippen molar-refractivity contribution in [3.8, 4) is 17.1 Å². The second kappa shape index (κ2) is 8.07. The van der Waals surface area contributed by atoms with Crippen molar-refractivity contribution in [2.24, 2.45) is 0 Å². The molecule has 0 fully saturated rings. The molecule has 4 rings (SSSR count). The van der Waals surface area contributed by atoms with Crippen molar-refractivity contribution in [1.82, 2.24) is 10.1 Å². The number of carbonyl (C=O) groups is 1. The Balaban J connectivity index is 2.01. The van der Waals surface area contributed by atoms with Gasteiger partial charge in [-0.05, 0) is 42.0 Å². The fourth-order valence-electron chi connectivity index (χ4n) is 3.81. The van der Waals surface area contributed by atoms with Crippen LogP contribution in [0, 0.1) is 0 Å². The molecule has 1 amide bonds. The smallest absolute Gasteiger partial charge is 0.293 e. The first-order chi connectivity index (χ1) is 14.5. The quantitative estimate of drug-likeness (QED) is 0.476. The molecule has 154 valence electrons. The van der Waals surface area contributed by atoms with E-state index in [4.69, 9.17) is 0 Å². The number of aromatic nitrogens is 3. The lowest BCUT2D eigenvalue weighted by atomic mass is 9.98. The number of amides is 1. The van der Waals surface area contributed by atoms with Gasteiger partial charge in [0.15, 0.2) is 0 Å². The van der Waals surface area contributed by atoms with Crippen LogP contribution < -0.4 is 14.7 Å². The van der Waals surface area contributed by atoms with Crippen LogP contribution in [0.5, 0.6) is 5.88 Å². The van der Waals surface area contributed by atoms with E-state index in [0.29, 0.717) is 34.4 Å². The Bertz CT molecular complexity index is 1100. The molecule has 30 heavy (non-hydrogen) atoms. The number of anilines is 1. The summed E-state index contributed by atoms with van der Waals surface area (Å²) >= 11 is 1.31. The molecule has 2 aromatic carbocycles. The molecule has 0 bridgehead atoms. The standard InChI is InChI=1S/C23H24N4O2S/c1-5-19(28)26-18-9-7-6-8-17(18)20-21(29)24-23(30-4)25-27(20)22(26)16-12-10-15(11-13-16)14(2)3/h6-14,22H,5H2,1-4H3. The van der Waals surface area contributed by atoms with Gasteiger partial charge in [0.2, 0.25) is 5.91 Å². The molecule has 2 heterocycles. The van der Waals surface area contributed by atoms with Gasteiger partial charge in [-0.2, -0.15) is 0 Å². The van der Waals surface area contributed by atoms with E-state index in [1.165, 1.54) is 17.3 Å². The molecule has 3 aromatic rings. The third-order valence-electron chi connectivity index (χ3n) is 5.37. The third kappa shape index (κ3) is 3.33. The van der Waals surface area contributed by atoms with E-state index in [9.17, 15) is 9.90 Å². The first-order valence-electron chi connectivity index (χ1n) is 10.0. The van der Waals surface area contributed by atoms with E-state index >= 15 is 0 Å². The molecule has 0 N–H and O–H groups in total. The van der Waals surface area contributed by atoms with Crippen LogP contribution in [-0.2, 0) is 4.79 Å². The molecule has 1 aromatic heterocycles. The summed E-state index contributed by atoms with van der Waals surface area (Å²) in [6.07, 6.45) is 1.63. The predicted molar refractivity (Wildman–Crippen MR) is 115 cm³/mol. The van der Waals surface area contributed by atoms with E-state index in [0.717, 1.165) is 5.56 Å². The van der Waals surface area contributed by atoms with E-state index in [1.54, 1.807) is 9.58 Å². The summed E-state index contributed by atoms with van der Waals surface area (Å²) in [5, 5.41) is 18.0. The minimum Gasteiger partial charge on any atom is -0.854 e. The lowest BCUT2D eigenvalue weighted by Gasteiger charge is -2.33. The number of hydrogen-bond donors (Lipinski definition) is 0. The predicted octanol–water partition coefficient (Wildman–Crippen LogP) is 3.65. The number of thioether (sulfide) groups is 1. The van der Waals surface area contributed by atoms with E-state index in [2.05, 4.69) is 36.1 Å². The number of hydrogen-bond acceptors (Lipinski definition) is 5. The highest BCUT2D eigenvalue weighted by Crippen LogP contribution is 2.41. The van der Waals surface area contributed by atoms with Crippen LogP contribution in [0.3, 0.4) is 0 Å². The SMILES string of the molecule is CCC(=O)N1c2ccccc2-c2c([O-])nc(SC)n[n+]2C1c1ccc(C(C)C)cc1. The molecule has 1 unspecified atom stereocenters. The van der Waals surface area contributed by atoms with Crippen LogP contribution in [0.4, 0.5) is 5.69 Å². The number of fused-ring (bicyclic) bond motifs is 3. The average Bonchev–Trinajstić information content (AvgIpc) is 2.77. The summed E-state index contributed by atoms with van der Waals surface area (Å²) in [4.78, 5) is 19.0. The van der Waals surface area contributed by atoms with Crippen LogP contribution in [0.2, 0.25) is 0 Å². The van der Waals surface area contributed by atoms with Crippen LogP contribution in [-0.4, -0.2) is 22.2 Å². The molecule has 1 aliphatic heterocycles. The first kappa shape index (κ1) is 20.3. The van der Waals surface area contributed by atoms with Gasteiger partial charge >= 0.3 is 0 Å². The molecule has 1 atom stereocenters.